The van der Waals surface area contributed by atoms with E-state index in [4.69, 9.17) is 5.11 Å². The molecule has 0 bridgehead atoms. The summed E-state index contributed by atoms with van der Waals surface area (Å²) in [4.78, 5) is 14.9. The van der Waals surface area contributed by atoms with Crippen LogP contribution in [0.3, 0.4) is 0 Å². The third kappa shape index (κ3) is 3.93. The van der Waals surface area contributed by atoms with Crippen molar-refractivity contribution in [3.63, 3.8) is 0 Å². The Bertz CT molecular complexity index is 735. The lowest BCUT2D eigenvalue weighted by molar-refractivity contribution is -0.137. The number of sulfonamides is 1. The van der Waals surface area contributed by atoms with Gasteiger partial charge in [0.2, 0.25) is 0 Å². The van der Waals surface area contributed by atoms with E-state index in [9.17, 15) is 13.2 Å². The molecule has 0 aliphatic rings. The zero-order chi connectivity index (χ0) is 16.3. The first-order valence-electron chi connectivity index (χ1n) is 6.59. The van der Waals surface area contributed by atoms with Crippen LogP contribution in [0.1, 0.15) is 37.9 Å². The summed E-state index contributed by atoms with van der Waals surface area (Å²) in [7, 11) is -3.88. The summed E-state index contributed by atoms with van der Waals surface area (Å²) >= 11 is 1.38. The summed E-state index contributed by atoms with van der Waals surface area (Å²) in [5.74, 6) is -1.08. The molecule has 2 heterocycles. The number of carboxylic acid groups (broad SMARTS) is 1. The zero-order valence-electron chi connectivity index (χ0n) is 12.1. The number of carbonyl (C=O) groups is 1. The van der Waals surface area contributed by atoms with Crippen LogP contribution < -0.4 is 4.72 Å². The average Bonchev–Trinajstić information content (AvgIpc) is 3.09. The van der Waals surface area contributed by atoms with Gasteiger partial charge in [-0.15, -0.1) is 0 Å². The van der Waals surface area contributed by atoms with E-state index < -0.39 is 22.0 Å². The fraction of sp³-hybridized carbons (Fsp3) is 0.385. The molecule has 0 aliphatic heterocycles. The lowest BCUT2D eigenvalue weighted by Crippen LogP contribution is -2.30. The van der Waals surface area contributed by atoms with Crippen molar-refractivity contribution in [2.45, 2.75) is 37.4 Å². The number of aromatic nitrogens is 2. The normalized spacial score (nSPS) is 13.4. The van der Waals surface area contributed by atoms with Gasteiger partial charge in [-0.3, -0.25) is 4.79 Å². The average molecular weight is 343 g/mol. The molecule has 120 valence electrons. The van der Waals surface area contributed by atoms with E-state index in [1.165, 1.54) is 23.9 Å². The lowest BCUT2D eigenvalue weighted by Gasteiger charge is -2.15. The Morgan fingerprint density at radius 3 is 2.73 bits per heavy atom. The Kier molecular flexibility index (Phi) is 4.99. The highest BCUT2D eigenvalue weighted by molar-refractivity contribution is 7.89. The quantitative estimate of drug-likeness (QED) is 0.801. The van der Waals surface area contributed by atoms with Gasteiger partial charge in [0.15, 0.2) is 5.03 Å². The number of thiophene rings is 1. The van der Waals surface area contributed by atoms with E-state index >= 15 is 0 Å². The second-order valence-corrected chi connectivity index (χ2v) is 7.52. The summed E-state index contributed by atoms with van der Waals surface area (Å²) in [5.41, 5.74) is 0.624. The maximum atomic E-state index is 12.4. The molecule has 0 radical (unpaired) electrons. The summed E-state index contributed by atoms with van der Waals surface area (Å²) in [5, 5.41) is 12.4. The minimum atomic E-state index is -3.88. The second kappa shape index (κ2) is 6.59. The smallest absolute Gasteiger partial charge is 0.305 e. The Morgan fingerprint density at radius 2 is 2.23 bits per heavy atom. The standard InChI is InChI=1S/C13H17N3O4S2/c1-9(2)16-6-12(14-8-16)22(19,20)15-11(5-13(17)18)10-3-4-21-7-10/h3-4,6-9,11,15H,5H2,1-2H3,(H,17,18). The van der Waals surface area contributed by atoms with Gasteiger partial charge >= 0.3 is 5.97 Å². The van der Waals surface area contributed by atoms with Crippen LogP contribution in [-0.2, 0) is 14.8 Å². The highest BCUT2D eigenvalue weighted by atomic mass is 32.2. The molecule has 0 aliphatic carbocycles. The summed E-state index contributed by atoms with van der Waals surface area (Å²) in [6.07, 6.45) is 2.54. The minimum Gasteiger partial charge on any atom is -0.481 e. The molecule has 9 heteroatoms. The van der Waals surface area contributed by atoms with Gasteiger partial charge in [-0.25, -0.2) is 18.1 Å². The lowest BCUT2D eigenvalue weighted by atomic mass is 10.1. The highest BCUT2D eigenvalue weighted by Gasteiger charge is 2.25. The Balaban J connectivity index is 2.25. The molecular formula is C13H17N3O4S2. The van der Waals surface area contributed by atoms with Crippen molar-refractivity contribution in [2.75, 3.05) is 0 Å². The number of hydrogen-bond acceptors (Lipinski definition) is 5. The van der Waals surface area contributed by atoms with Crippen molar-refractivity contribution < 1.29 is 18.3 Å². The predicted molar refractivity (Wildman–Crippen MR) is 82.2 cm³/mol. The maximum Gasteiger partial charge on any atom is 0.305 e. The van der Waals surface area contributed by atoms with E-state index in [1.807, 2.05) is 13.8 Å². The number of carboxylic acids is 1. The van der Waals surface area contributed by atoms with Crippen molar-refractivity contribution in [3.8, 4) is 0 Å². The molecule has 0 saturated heterocycles. The van der Waals surface area contributed by atoms with Gasteiger partial charge in [0.25, 0.3) is 10.0 Å². The number of nitrogens with one attached hydrogen (secondary N) is 1. The van der Waals surface area contributed by atoms with Gasteiger partial charge in [-0.05, 0) is 36.2 Å². The Hall–Kier alpha value is -1.71. The van der Waals surface area contributed by atoms with E-state index in [-0.39, 0.29) is 17.5 Å². The van der Waals surface area contributed by atoms with Crippen molar-refractivity contribution in [2.24, 2.45) is 0 Å². The Morgan fingerprint density at radius 1 is 1.50 bits per heavy atom. The second-order valence-electron chi connectivity index (χ2n) is 5.08. The minimum absolute atomic E-state index is 0.0862. The van der Waals surface area contributed by atoms with Crippen LogP contribution in [0.25, 0.3) is 0 Å². The Labute approximate surface area is 132 Å². The van der Waals surface area contributed by atoms with E-state index in [1.54, 1.807) is 21.4 Å². The van der Waals surface area contributed by atoms with Crippen LogP contribution in [-0.4, -0.2) is 29.0 Å². The molecular weight excluding hydrogens is 326 g/mol. The molecule has 1 unspecified atom stereocenters. The van der Waals surface area contributed by atoms with Crippen molar-refractivity contribution in [3.05, 3.63) is 34.9 Å². The topological polar surface area (TPSA) is 101 Å². The third-order valence-electron chi connectivity index (χ3n) is 3.07. The largest absolute Gasteiger partial charge is 0.481 e. The SMILES string of the molecule is CC(C)n1cnc(S(=O)(=O)NC(CC(=O)O)c2ccsc2)c1. The van der Waals surface area contributed by atoms with Gasteiger partial charge < -0.3 is 9.67 Å². The monoisotopic (exact) mass is 343 g/mol. The first-order valence-corrected chi connectivity index (χ1v) is 9.02. The molecule has 2 aromatic rings. The summed E-state index contributed by atoms with van der Waals surface area (Å²) in [6.45, 7) is 3.81. The predicted octanol–water partition coefficient (Wildman–Crippen LogP) is 2.02. The molecule has 2 rings (SSSR count). The van der Waals surface area contributed by atoms with Crippen molar-refractivity contribution in [1.29, 1.82) is 0 Å². The van der Waals surface area contributed by atoms with Gasteiger partial charge in [0.1, 0.15) is 0 Å². The van der Waals surface area contributed by atoms with Gasteiger partial charge in [-0.1, -0.05) is 0 Å². The van der Waals surface area contributed by atoms with Gasteiger partial charge in [0, 0.05) is 12.2 Å². The van der Waals surface area contributed by atoms with Crippen LogP contribution in [0.4, 0.5) is 0 Å². The van der Waals surface area contributed by atoms with Crippen LogP contribution in [0.5, 0.6) is 0 Å². The van der Waals surface area contributed by atoms with Crippen LogP contribution in [0.2, 0.25) is 0 Å². The number of hydrogen-bond donors (Lipinski definition) is 2. The number of aliphatic carboxylic acids is 1. The number of nitrogens with zero attached hydrogens (tertiary/aromatic N) is 2. The maximum absolute atomic E-state index is 12.4. The first kappa shape index (κ1) is 16.7. The molecule has 2 aromatic heterocycles. The summed E-state index contributed by atoms with van der Waals surface area (Å²) in [6, 6.07) is 0.967. The molecule has 0 saturated carbocycles. The molecule has 7 nitrogen and oxygen atoms in total. The molecule has 22 heavy (non-hydrogen) atoms. The van der Waals surface area contributed by atoms with Gasteiger partial charge in [-0.2, -0.15) is 11.3 Å². The van der Waals surface area contributed by atoms with E-state index in [0.717, 1.165) is 0 Å². The van der Waals surface area contributed by atoms with Crippen LogP contribution in [0.15, 0.2) is 34.4 Å². The molecule has 0 spiro atoms. The first-order chi connectivity index (χ1) is 10.3. The third-order valence-corrected chi connectivity index (χ3v) is 5.13. The number of imidazole rings is 1. The zero-order valence-corrected chi connectivity index (χ0v) is 13.8. The summed E-state index contributed by atoms with van der Waals surface area (Å²) < 4.78 is 28.8. The van der Waals surface area contributed by atoms with Crippen molar-refractivity contribution in [1.82, 2.24) is 14.3 Å². The van der Waals surface area contributed by atoms with Crippen molar-refractivity contribution >= 4 is 27.3 Å². The fourth-order valence-corrected chi connectivity index (χ4v) is 3.74. The highest BCUT2D eigenvalue weighted by Crippen LogP contribution is 2.22. The van der Waals surface area contributed by atoms with E-state index in [2.05, 4.69) is 9.71 Å². The fourth-order valence-electron chi connectivity index (χ4n) is 1.86. The molecule has 1 atom stereocenters. The molecule has 0 fully saturated rings. The van der Waals surface area contributed by atoms with Gasteiger partial charge in [0.05, 0.1) is 18.8 Å². The molecule has 0 amide bonds. The van der Waals surface area contributed by atoms with Crippen LogP contribution in [0, 0.1) is 0 Å². The molecule has 0 aromatic carbocycles. The molecule has 2 N–H and O–H groups in total. The number of rotatable bonds is 7. The van der Waals surface area contributed by atoms with E-state index in [0.29, 0.717) is 5.56 Å². The van der Waals surface area contributed by atoms with Crippen LogP contribution >= 0.6 is 11.3 Å².